The summed E-state index contributed by atoms with van der Waals surface area (Å²) < 4.78 is 0. The molecule has 2 amide bonds. The van der Waals surface area contributed by atoms with Crippen molar-refractivity contribution in [3.63, 3.8) is 0 Å². The quantitative estimate of drug-likeness (QED) is 0.656. The van der Waals surface area contributed by atoms with E-state index in [0.29, 0.717) is 31.0 Å². The molecule has 0 saturated heterocycles. The summed E-state index contributed by atoms with van der Waals surface area (Å²) in [5.41, 5.74) is 5.71. The fourth-order valence-electron chi connectivity index (χ4n) is 3.20. The number of fused-ring (bicyclic) bond motifs is 1. The van der Waals surface area contributed by atoms with Crippen molar-refractivity contribution in [3.8, 4) is 0 Å². The first-order chi connectivity index (χ1) is 13.0. The Hall–Kier alpha value is -3.42. The van der Waals surface area contributed by atoms with Gasteiger partial charge in [-0.25, -0.2) is 0 Å². The van der Waals surface area contributed by atoms with Crippen LogP contribution in [0.1, 0.15) is 49.1 Å². The highest BCUT2D eigenvalue weighted by atomic mass is 16.2. The highest BCUT2D eigenvalue weighted by Gasteiger charge is 2.25. The molecule has 8 heteroatoms. The van der Waals surface area contributed by atoms with Gasteiger partial charge in [-0.3, -0.25) is 19.8 Å². The molecule has 2 aromatic heterocycles. The molecular weight excluding hydrogens is 344 g/mol. The SMILES string of the molecule is Cc1cc(C(=O)NCc2ccc3c(c2)CN(C(=O)c2cc(C)[nH]n2)C3)n[nH]1. The number of carbonyl (C=O) groups is 2. The number of aromatic nitrogens is 4. The lowest BCUT2D eigenvalue weighted by Gasteiger charge is -2.13. The van der Waals surface area contributed by atoms with Crippen LogP contribution in [0.4, 0.5) is 0 Å². The number of aromatic amines is 2. The van der Waals surface area contributed by atoms with E-state index in [4.69, 9.17) is 0 Å². The lowest BCUT2D eigenvalue weighted by atomic mass is 10.1. The van der Waals surface area contributed by atoms with Crippen molar-refractivity contribution in [2.45, 2.75) is 33.5 Å². The summed E-state index contributed by atoms with van der Waals surface area (Å²) in [7, 11) is 0. The minimum Gasteiger partial charge on any atom is -0.347 e. The van der Waals surface area contributed by atoms with Crippen LogP contribution in [0, 0.1) is 13.8 Å². The molecule has 3 aromatic rings. The maximum Gasteiger partial charge on any atom is 0.274 e. The van der Waals surface area contributed by atoms with Gasteiger partial charge in [-0.1, -0.05) is 18.2 Å². The van der Waals surface area contributed by atoms with Gasteiger partial charge in [-0.05, 0) is 42.7 Å². The number of H-pyrrole nitrogens is 2. The molecule has 3 N–H and O–H groups in total. The van der Waals surface area contributed by atoms with Gasteiger partial charge < -0.3 is 10.2 Å². The lowest BCUT2D eigenvalue weighted by Crippen LogP contribution is -2.25. The van der Waals surface area contributed by atoms with Crippen LogP contribution >= 0.6 is 0 Å². The standard InChI is InChI=1S/C19H20N6O2/c1-11-5-16(23-21-11)18(26)20-8-13-3-4-14-9-25(10-15(14)7-13)19(27)17-6-12(2)22-24-17/h3-7H,8-10H2,1-2H3,(H,20,26)(H,21,23)(H,22,24). The fraction of sp³-hybridized carbons (Fsp3) is 0.263. The fourth-order valence-corrected chi connectivity index (χ4v) is 3.20. The zero-order valence-corrected chi connectivity index (χ0v) is 15.2. The number of carbonyl (C=O) groups excluding carboxylic acids is 2. The molecule has 0 aliphatic carbocycles. The van der Waals surface area contributed by atoms with Gasteiger partial charge in [0, 0.05) is 31.0 Å². The Morgan fingerprint density at radius 3 is 2.33 bits per heavy atom. The first-order valence-corrected chi connectivity index (χ1v) is 8.72. The Balaban J connectivity index is 1.40. The van der Waals surface area contributed by atoms with Crippen molar-refractivity contribution in [2.24, 2.45) is 0 Å². The molecule has 138 valence electrons. The van der Waals surface area contributed by atoms with Gasteiger partial charge in [0.25, 0.3) is 11.8 Å². The second kappa shape index (κ2) is 6.71. The normalized spacial score (nSPS) is 12.9. The number of hydrogen-bond donors (Lipinski definition) is 3. The third-order valence-corrected chi connectivity index (χ3v) is 4.60. The lowest BCUT2D eigenvalue weighted by molar-refractivity contribution is 0.0745. The number of aryl methyl sites for hydroxylation is 2. The van der Waals surface area contributed by atoms with Crippen LogP contribution in [-0.2, 0) is 19.6 Å². The number of benzene rings is 1. The predicted octanol–water partition coefficient (Wildman–Crippen LogP) is 1.84. The molecule has 27 heavy (non-hydrogen) atoms. The molecule has 0 fully saturated rings. The molecule has 1 aliphatic heterocycles. The Morgan fingerprint density at radius 1 is 1.00 bits per heavy atom. The summed E-state index contributed by atoms with van der Waals surface area (Å²) in [5, 5.41) is 16.4. The molecular formula is C19H20N6O2. The summed E-state index contributed by atoms with van der Waals surface area (Å²) in [6.07, 6.45) is 0. The van der Waals surface area contributed by atoms with E-state index in [9.17, 15) is 9.59 Å². The van der Waals surface area contributed by atoms with Crippen LogP contribution in [0.2, 0.25) is 0 Å². The largest absolute Gasteiger partial charge is 0.347 e. The number of nitrogens with one attached hydrogen (secondary N) is 3. The van der Waals surface area contributed by atoms with E-state index in [2.05, 4.69) is 25.7 Å². The summed E-state index contributed by atoms with van der Waals surface area (Å²) in [6, 6.07) is 9.48. The number of nitrogens with zero attached hydrogens (tertiary/aromatic N) is 3. The summed E-state index contributed by atoms with van der Waals surface area (Å²) in [5.74, 6) is -0.301. The molecule has 0 bridgehead atoms. The van der Waals surface area contributed by atoms with E-state index in [1.165, 1.54) is 0 Å². The zero-order valence-electron chi connectivity index (χ0n) is 15.2. The van der Waals surface area contributed by atoms with Crippen LogP contribution in [-0.4, -0.2) is 37.1 Å². The van der Waals surface area contributed by atoms with Gasteiger partial charge >= 0.3 is 0 Å². The van der Waals surface area contributed by atoms with Crippen molar-refractivity contribution in [2.75, 3.05) is 0 Å². The molecule has 0 atom stereocenters. The zero-order chi connectivity index (χ0) is 19.0. The Morgan fingerprint density at radius 2 is 1.67 bits per heavy atom. The van der Waals surface area contributed by atoms with E-state index in [1.54, 1.807) is 17.0 Å². The van der Waals surface area contributed by atoms with Gasteiger partial charge in [0.2, 0.25) is 0 Å². The topological polar surface area (TPSA) is 107 Å². The average Bonchev–Trinajstić information content (AvgIpc) is 3.38. The van der Waals surface area contributed by atoms with Gasteiger partial charge in [-0.15, -0.1) is 0 Å². The summed E-state index contributed by atoms with van der Waals surface area (Å²) in [4.78, 5) is 26.4. The second-order valence-electron chi connectivity index (χ2n) is 6.82. The average molecular weight is 364 g/mol. The van der Waals surface area contributed by atoms with E-state index in [-0.39, 0.29) is 11.8 Å². The maximum atomic E-state index is 12.6. The summed E-state index contributed by atoms with van der Waals surface area (Å²) in [6.45, 7) is 5.24. The third-order valence-electron chi connectivity index (χ3n) is 4.60. The van der Waals surface area contributed by atoms with E-state index in [1.807, 2.05) is 32.0 Å². The molecule has 0 saturated carbocycles. The first-order valence-electron chi connectivity index (χ1n) is 8.72. The molecule has 1 aromatic carbocycles. The minimum atomic E-state index is -0.217. The van der Waals surface area contributed by atoms with Crippen molar-refractivity contribution >= 4 is 11.8 Å². The van der Waals surface area contributed by atoms with Crippen molar-refractivity contribution in [3.05, 3.63) is 69.8 Å². The molecule has 1 aliphatic rings. The maximum absolute atomic E-state index is 12.6. The second-order valence-corrected chi connectivity index (χ2v) is 6.82. The number of rotatable bonds is 4. The molecule has 0 spiro atoms. The Kier molecular flexibility index (Phi) is 4.23. The van der Waals surface area contributed by atoms with E-state index < -0.39 is 0 Å². The predicted molar refractivity (Wildman–Crippen MR) is 97.8 cm³/mol. The van der Waals surface area contributed by atoms with Gasteiger partial charge in [0.1, 0.15) is 11.4 Å². The van der Waals surface area contributed by atoms with Crippen LogP contribution in [0.5, 0.6) is 0 Å². The van der Waals surface area contributed by atoms with Crippen molar-refractivity contribution < 1.29 is 9.59 Å². The molecule has 3 heterocycles. The van der Waals surface area contributed by atoms with Crippen LogP contribution in [0.25, 0.3) is 0 Å². The molecule has 0 unspecified atom stereocenters. The number of amides is 2. The third kappa shape index (κ3) is 3.46. The van der Waals surface area contributed by atoms with Gasteiger partial charge in [0.15, 0.2) is 0 Å². The van der Waals surface area contributed by atoms with Crippen molar-refractivity contribution in [1.29, 1.82) is 0 Å². The first kappa shape index (κ1) is 17.0. The highest BCUT2D eigenvalue weighted by molar-refractivity contribution is 5.93. The Labute approximate surface area is 156 Å². The molecule has 0 radical (unpaired) electrons. The van der Waals surface area contributed by atoms with Gasteiger partial charge in [0.05, 0.1) is 0 Å². The minimum absolute atomic E-state index is 0.0840. The highest BCUT2D eigenvalue weighted by Crippen LogP contribution is 2.25. The van der Waals surface area contributed by atoms with Gasteiger partial charge in [-0.2, -0.15) is 10.2 Å². The Bertz CT molecular complexity index is 1020. The molecule has 4 rings (SSSR count). The van der Waals surface area contributed by atoms with Crippen LogP contribution in [0.15, 0.2) is 30.3 Å². The van der Waals surface area contributed by atoms with Crippen LogP contribution in [0.3, 0.4) is 0 Å². The van der Waals surface area contributed by atoms with E-state index >= 15 is 0 Å². The van der Waals surface area contributed by atoms with E-state index in [0.717, 1.165) is 28.1 Å². The van der Waals surface area contributed by atoms with Crippen molar-refractivity contribution in [1.82, 2.24) is 30.6 Å². The number of hydrogen-bond acceptors (Lipinski definition) is 4. The molecule has 8 nitrogen and oxygen atoms in total. The van der Waals surface area contributed by atoms with Crippen LogP contribution < -0.4 is 5.32 Å². The smallest absolute Gasteiger partial charge is 0.274 e. The summed E-state index contributed by atoms with van der Waals surface area (Å²) >= 11 is 0. The monoisotopic (exact) mass is 364 g/mol.